The van der Waals surface area contributed by atoms with Crippen molar-refractivity contribution >= 4 is 40.6 Å². The molecular weight excluding hydrogens is 396 g/mol. The van der Waals surface area contributed by atoms with Crippen molar-refractivity contribution in [3.05, 3.63) is 98.6 Å². The van der Waals surface area contributed by atoms with Crippen LogP contribution in [0.25, 0.3) is 0 Å². The Morgan fingerprint density at radius 2 is 1.82 bits per heavy atom. The van der Waals surface area contributed by atoms with Crippen molar-refractivity contribution in [2.24, 2.45) is 0 Å². The van der Waals surface area contributed by atoms with Crippen molar-refractivity contribution in [1.29, 1.82) is 0 Å². The number of carbonyl (C=O) groups excluding carboxylic acids is 1. The van der Waals surface area contributed by atoms with Crippen LogP contribution < -0.4 is 5.32 Å². The van der Waals surface area contributed by atoms with Crippen LogP contribution in [0.4, 0.5) is 11.4 Å². The molecule has 0 saturated heterocycles. The van der Waals surface area contributed by atoms with E-state index in [1.54, 1.807) is 30.8 Å². The molecule has 0 radical (unpaired) electrons. The van der Waals surface area contributed by atoms with E-state index in [9.17, 15) is 14.9 Å². The fraction of sp³-hybridized carbons (Fsp3) is 0.0952. The van der Waals surface area contributed by atoms with Gasteiger partial charge in [0.1, 0.15) is 0 Å². The van der Waals surface area contributed by atoms with Crippen LogP contribution in [-0.4, -0.2) is 10.8 Å². The Bertz CT molecular complexity index is 1020. The molecule has 0 fully saturated rings. The zero-order chi connectivity index (χ0) is 20.1. The van der Waals surface area contributed by atoms with Gasteiger partial charge in [0, 0.05) is 32.9 Å². The summed E-state index contributed by atoms with van der Waals surface area (Å²) in [6, 6.07) is 19.5. The van der Waals surface area contributed by atoms with E-state index in [-0.39, 0.29) is 17.2 Å². The second-order valence-corrected chi connectivity index (χ2v) is 7.58. The van der Waals surface area contributed by atoms with Gasteiger partial charge in [0.25, 0.3) is 11.6 Å². The number of nitro groups is 1. The lowest BCUT2D eigenvalue weighted by molar-refractivity contribution is -0.385. The number of benzene rings is 3. The van der Waals surface area contributed by atoms with Gasteiger partial charge in [0.05, 0.1) is 10.6 Å². The summed E-state index contributed by atoms with van der Waals surface area (Å²) in [5.74, 6) is 0.336. The van der Waals surface area contributed by atoms with Crippen molar-refractivity contribution in [2.45, 2.75) is 17.6 Å². The summed E-state index contributed by atoms with van der Waals surface area (Å²) in [7, 11) is 0. The SMILES string of the molecule is Cc1ccc(C(=O)Nc2ccccc2SCc2ccc(Cl)cc2)cc1[N+](=O)[O-]. The molecular formula is C21H17ClN2O3S. The van der Waals surface area contributed by atoms with E-state index in [1.165, 1.54) is 6.07 Å². The second kappa shape index (κ2) is 8.91. The van der Waals surface area contributed by atoms with Crippen LogP contribution in [0.5, 0.6) is 0 Å². The monoisotopic (exact) mass is 412 g/mol. The average Bonchev–Trinajstić information content (AvgIpc) is 2.68. The lowest BCUT2D eigenvalue weighted by Crippen LogP contribution is -2.13. The summed E-state index contributed by atoms with van der Waals surface area (Å²) in [4.78, 5) is 24.1. The van der Waals surface area contributed by atoms with Gasteiger partial charge in [-0.1, -0.05) is 41.9 Å². The summed E-state index contributed by atoms with van der Waals surface area (Å²) < 4.78 is 0. The van der Waals surface area contributed by atoms with E-state index in [2.05, 4.69) is 5.32 Å². The molecule has 3 aromatic rings. The number of hydrogen-bond acceptors (Lipinski definition) is 4. The van der Waals surface area contributed by atoms with Crippen LogP contribution in [0, 0.1) is 17.0 Å². The van der Waals surface area contributed by atoms with Crippen LogP contribution in [0.1, 0.15) is 21.5 Å². The normalized spacial score (nSPS) is 10.5. The maximum atomic E-state index is 12.6. The molecule has 3 aromatic carbocycles. The van der Waals surface area contributed by atoms with E-state index in [0.717, 1.165) is 16.2 Å². The van der Waals surface area contributed by atoms with E-state index < -0.39 is 4.92 Å². The summed E-state index contributed by atoms with van der Waals surface area (Å²) in [6.45, 7) is 1.64. The smallest absolute Gasteiger partial charge is 0.273 e. The van der Waals surface area contributed by atoms with Gasteiger partial charge in [0.15, 0.2) is 0 Å². The first kappa shape index (κ1) is 19.9. The van der Waals surface area contributed by atoms with Crippen molar-refractivity contribution < 1.29 is 9.72 Å². The Labute approximate surface area is 171 Å². The zero-order valence-electron chi connectivity index (χ0n) is 15.0. The number of para-hydroxylation sites is 1. The molecule has 0 saturated carbocycles. The molecule has 0 aromatic heterocycles. The van der Waals surface area contributed by atoms with Gasteiger partial charge in [-0.3, -0.25) is 14.9 Å². The third kappa shape index (κ3) is 4.91. The topological polar surface area (TPSA) is 72.2 Å². The molecule has 3 rings (SSSR count). The first-order valence-corrected chi connectivity index (χ1v) is 9.83. The fourth-order valence-corrected chi connectivity index (χ4v) is 3.67. The lowest BCUT2D eigenvalue weighted by Gasteiger charge is -2.11. The van der Waals surface area contributed by atoms with Crippen molar-refractivity contribution in [2.75, 3.05) is 5.32 Å². The van der Waals surface area contributed by atoms with E-state index in [0.29, 0.717) is 16.3 Å². The van der Waals surface area contributed by atoms with Crippen LogP contribution in [0.15, 0.2) is 71.6 Å². The van der Waals surface area contributed by atoms with E-state index >= 15 is 0 Å². The predicted molar refractivity (Wildman–Crippen MR) is 113 cm³/mol. The summed E-state index contributed by atoms with van der Waals surface area (Å²) in [6.07, 6.45) is 0. The van der Waals surface area contributed by atoms with Crippen LogP contribution in [-0.2, 0) is 5.75 Å². The van der Waals surface area contributed by atoms with Gasteiger partial charge in [-0.05, 0) is 42.8 Å². The third-order valence-corrected chi connectivity index (χ3v) is 5.51. The van der Waals surface area contributed by atoms with Gasteiger partial charge < -0.3 is 5.32 Å². The number of nitrogens with zero attached hydrogens (tertiary/aromatic N) is 1. The molecule has 28 heavy (non-hydrogen) atoms. The third-order valence-electron chi connectivity index (χ3n) is 4.11. The van der Waals surface area contributed by atoms with E-state index in [1.807, 2.05) is 48.5 Å². The van der Waals surface area contributed by atoms with Gasteiger partial charge >= 0.3 is 0 Å². The molecule has 0 bridgehead atoms. The number of rotatable bonds is 6. The van der Waals surface area contributed by atoms with Crippen LogP contribution >= 0.6 is 23.4 Å². The van der Waals surface area contributed by atoms with Crippen molar-refractivity contribution in [3.63, 3.8) is 0 Å². The highest BCUT2D eigenvalue weighted by Crippen LogP contribution is 2.30. The lowest BCUT2D eigenvalue weighted by atomic mass is 10.1. The van der Waals surface area contributed by atoms with Gasteiger partial charge in [-0.15, -0.1) is 11.8 Å². The highest BCUT2D eigenvalue weighted by atomic mass is 35.5. The Morgan fingerprint density at radius 1 is 1.11 bits per heavy atom. The minimum Gasteiger partial charge on any atom is -0.321 e. The summed E-state index contributed by atoms with van der Waals surface area (Å²) >= 11 is 7.50. The number of halogens is 1. The Hall–Kier alpha value is -2.83. The molecule has 0 aliphatic heterocycles. The number of nitro benzene ring substituents is 1. The minimum atomic E-state index is -0.484. The molecule has 142 valence electrons. The summed E-state index contributed by atoms with van der Waals surface area (Å²) in [5, 5.41) is 14.7. The molecule has 1 N–H and O–H groups in total. The highest BCUT2D eigenvalue weighted by molar-refractivity contribution is 7.98. The van der Waals surface area contributed by atoms with Crippen molar-refractivity contribution in [3.8, 4) is 0 Å². The molecule has 0 unspecified atom stereocenters. The molecule has 0 aliphatic rings. The molecule has 5 nitrogen and oxygen atoms in total. The molecule has 1 amide bonds. The standard InChI is InChI=1S/C21H17ClN2O3S/c1-14-6-9-16(12-19(14)24(26)27)21(25)23-18-4-2-3-5-20(18)28-13-15-7-10-17(22)11-8-15/h2-12H,13H2,1H3,(H,23,25). The van der Waals surface area contributed by atoms with Gasteiger partial charge in [-0.2, -0.15) is 0 Å². The number of carbonyl (C=O) groups is 1. The average molecular weight is 413 g/mol. The first-order chi connectivity index (χ1) is 13.4. The Balaban J connectivity index is 1.75. The van der Waals surface area contributed by atoms with Gasteiger partial charge in [-0.25, -0.2) is 0 Å². The van der Waals surface area contributed by atoms with Crippen LogP contribution in [0.2, 0.25) is 5.02 Å². The molecule has 0 aliphatic carbocycles. The van der Waals surface area contributed by atoms with Gasteiger partial charge in [0.2, 0.25) is 0 Å². The number of nitrogens with one attached hydrogen (secondary N) is 1. The van der Waals surface area contributed by atoms with Crippen LogP contribution in [0.3, 0.4) is 0 Å². The fourth-order valence-electron chi connectivity index (χ4n) is 2.58. The van der Waals surface area contributed by atoms with Crippen molar-refractivity contribution in [1.82, 2.24) is 0 Å². The maximum Gasteiger partial charge on any atom is 0.273 e. The first-order valence-electron chi connectivity index (χ1n) is 8.46. The molecule has 0 atom stereocenters. The minimum absolute atomic E-state index is 0.0713. The predicted octanol–water partition coefficient (Wildman–Crippen LogP) is 6.10. The largest absolute Gasteiger partial charge is 0.321 e. The highest BCUT2D eigenvalue weighted by Gasteiger charge is 2.16. The Morgan fingerprint density at radius 3 is 2.54 bits per heavy atom. The van der Waals surface area contributed by atoms with E-state index in [4.69, 9.17) is 11.6 Å². The Kier molecular flexibility index (Phi) is 6.34. The summed E-state index contributed by atoms with van der Waals surface area (Å²) in [5.41, 5.74) is 2.47. The second-order valence-electron chi connectivity index (χ2n) is 6.12. The maximum absolute atomic E-state index is 12.6. The molecule has 0 spiro atoms. The number of thioether (sulfide) groups is 1. The molecule has 7 heteroatoms. The number of amides is 1. The molecule has 0 heterocycles. The quantitative estimate of drug-likeness (QED) is 0.301. The zero-order valence-corrected chi connectivity index (χ0v) is 16.6. The number of hydrogen-bond donors (Lipinski definition) is 1. The number of aryl methyl sites for hydroxylation is 1. The number of anilines is 1.